The SMILES string of the molecule is CC(Oc1ccccc1)C(=O)OC(C)(C)C.N.N.N.N.N.O=S(=O)(O)C(F)(F)F.O=S(=O)(O)C(F)(F)F.[Os]. The predicted octanol–water partition coefficient (Wildman–Crippen LogP) is 4.39. The molecule has 0 saturated carbocycles. The van der Waals surface area contributed by atoms with Crippen molar-refractivity contribution >= 4 is 26.2 Å². The summed E-state index contributed by atoms with van der Waals surface area (Å²) in [5, 5.41) is 0. The van der Waals surface area contributed by atoms with Gasteiger partial charge in [-0.1, -0.05) is 18.2 Å². The number of rotatable bonds is 3. The van der Waals surface area contributed by atoms with E-state index in [1.807, 2.05) is 39.0 Å². The molecule has 0 heterocycles. The van der Waals surface area contributed by atoms with Gasteiger partial charge in [-0.25, -0.2) is 4.79 Å². The van der Waals surface area contributed by atoms with Crippen molar-refractivity contribution in [2.75, 3.05) is 0 Å². The molecule has 0 bridgehead atoms. The van der Waals surface area contributed by atoms with Crippen LogP contribution in [-0.2, 0) is 49.6 Å². The van der Waals surface area contributed by atoms with Gasteiger partial charge in [-0.3, -0.25) is 9.11 Å². The van der Waals surface area contributed by atoms with Crippen LogP contribution in [0.25, 0.3) is 0 Å². The third-order valence-electron chi connectivity index (χ3n) is 2.38. The van der Waals surface area contributed by atoms with Crippen LogP contribution in [0, 0.1) is 0 Å². The van der Waals surface area contributed by atoms with Crippen LogP contribution in [0.3, 0.4) is 0 Å². The second-order valence-corrected chi connectivity index (χ2v) is 9.27. The van der Waals surface area contributed by atoms with E-state index >= 15 is 0 Å². The number of carbonyl (C=O) groups excluding carboxylic acids is 1. The molecule has 0 aromatic heterocycles. The van der Waals surface area contributed by atoms with E-state index < -0.39 is 43.0 Å². The van der Waals surface area contributed by atoms with E-state index in [1.54, 1.807) is 19.1 Å². The van der Waals surface area contributed by atoms with Crippen molar-refractivity contribution in [3.8, 4) is 5.75 Å². The zero-order chi connectivity index (χ0) is 26.2. The molecule has 1 rings (SSSR count). The maximum absolute atomic E-state index is 11.6. The van der Waals surface area contributed by atoms with Crippen LogP contribution in [0.4, 0.5) is 26.3 Å². The smallest absolute Gasteiger partial charge is 0.479 e. The van der Waals surface area contributed by atoms with Gasteiger partial charge in [0.05, 0.1) is 0 Å². The Morgan fingerprint density at radius 3 is 1.24 bits per heavy atom. The van der Waals surface area contributed by atoms with E-state index in [4.69, 9.17) is 35.4 Å². The fourth-order valence-corrected chi connectivity index (χ4v) is 1.14. The van der Waals surface area contributed by atoms with Crippen molar-refractivity contribution in [2.45, 2.75) is 50.4 Å². The molecule has 1 aromatic carbocycles. The number of hydrogen-bond acceptors (Lipinski definition) is 12. The van der Waals surface area contributed by atoms with Crippen molar-refractivity contribution in [1.82, 2.24) is 30.8 Å². The number of esters is 1. The van der Waals surface area contributed by atoms with Gasteiger partial charge < -0.3 is 40.2 Å². The zero-order valence-corrected chi connectivity index (χ0v) is 24.9. The van der Waals surface area contributed by atoms with Crippen LogP contribution >= 0.6 is 0 Å². The summed E-state index contributed by atoms with van der Waals surface area (Å²) in [6.45, 7) is 7.18. The Bertz CT molecular complexity index is 905. The van der Waals surface area contributed by atoms with Crippen molar-refractivity contribution in [2.24, 2.45) is 0 Å². The van der Waals surface area contributed by atoms with E-state index in [0.29, 0.717) is 5.75 Å². The molecule has 0 aliphatic rings. The number of hydrogen-bond donors (Lipinski definition) is 7. The Kier molecular flexibility index (Phi) is 31.5. The third-order valence-corrected chi connectivity index (χ3v) is 3.55. The molecule has 0 fully saturated rings. The van der Waals surface area contributed by atoms with Gasteiger partial charge in [0.2, 0.25) is 0 Å². The second-order valence-electron chi connectivity index (χ2n) is 6.45. The van der Waals surface area contributed by atoms with E-state index in [2.05, 4.69) is 0 Å². The fourth-order valence-electron chi connectivity index (χ4n) is 1.14. The molecule has 1 atom stereocenters. The average Bonchev–Trinajstić information content (AvgIpc) is 2.51. The first kappa shape index (κ1) is 56.5. The van der Waals surface area contributed by atoms with E-state index in [0.717, 1.165) is 0 Å². The maximum Gasteiger partial charge on any atom is 0.522 e. The first-order valence-electron chi connectivity index (χ1n) is 7.90. The second kappa shape index (κ2) is 21.2. The summed E-state index contributed by atoms with van der Waals surface area (Å²) in [6.07, 6.45) is -0.596. The standard InChI is InChI=1S/C13H18O3.2CHF3O3S.5H3N.Os/c1-10(12(14)16-13(2,3)4)15-11-8-6-5-7-9-11;2*2-1(3,4)8(5,6)7;;;;;;/h5-10H,1-4H3;2*(H,5,6,7);5*1H3;. The van der Waals surface area contributed by atoms with Crippen LogP contribution < -0.4 is 35.5 Å². The molecule has 1 aromatic rings. The number of alkyl halides is 6. The molecule has 0 saturated heterocycles. The number of benzene rings is 1. The quantitative estimate of drug-likeness (QED) is 0.0966. The summed E-state index contributed by atoms with van der Waals surface area (Å²) in [4.78, 5) is 11.6. The van der Waals surface area contributed by atoms with Gasteiger partial charge >= 0.3 is 37.2 Å². The van der Waals surface area contributed by atoms with Crippen LogP contribution in [0.1, 0.15) is 27.7 Å². The molecule has 0 radical (unpaired) electrons. The normalized spacial score (nSPS) is 11.4. The molecule has 0 aliphatic heterocycles. The van der Waals surface area contributed by atoms with Crippen molar-refractivity contribution in [3.63, 3.8) is 0 Å². The Hall–Kier alpha value is -1.67. The predicted molar refractivity (Wildman–Crippen MR) is 123 cm³/mol. The van der Waals surface area contributed by atoms with Crippen LogP contribution in [0.2, 0.25) is 0 Å². The van der Waals surface area contributed by atoms with Gasteiger partial charge in [0.1, 0.15) is 11.4 Å². The summed E-state index contributed by atoms with van der Waals surface area (Å²) in [5.74, 6) is 0.317. The Balaban J connectivity index is -0.0000000597. The van der Waals surface area contributed by atoms with Gasteiger partial charge in [0.25, 0.3) is 0 Å². The van der Waals surface area contributed by atoms with Gasteiger partial charge in [-0.05, 0) is 39.8 Å². The fraction of sp³-hybridized carbons (Fsp3) is 0.533. The summed E-state index contributed by atoms with van der Waals surface area (Å²) >= 11 is 0. The molecular formula is C15H35F6N5O9OsS2. The van der Waals surface area contributed by atoms with Crippen LogP contribution in [0.15, 0.2) is 30.3 Å². The van der Waals surface area contributed by atoms with Crippen molar-refractivity contribution < 1.29 is 86.3 Å². The Morgan fingerprint density at radius 2 is 1.03 bits per heavy atom. The van der Waals surface area contributed by atoms with E-state index in [1.165, 1.54) is 0 Å². The van der Waals surface area contributed by atoms with Crippen LogP contribution in [0.5, 0.6) is 5.75 Å². The van der Waals surface area contributed by atoms with Crippen molar-refractivity contribution in [3.05, 3.63) is 30.3 Å². The summed E-state index contributed by atoms with van der Waals surface area (Å²) in [5.41, 5.74) is -11.6. The number of halogens is 6. The molecule has 14 nitrogen and oxygen atoms in total. The molecular weight excluding hydrogens is 763 g/mol. The molecule has 0 aliphatic carbocycles. The molecule has 1 unspecified atom stereocenters. The minimum Gasteiger partial charge on any atom is -0.479 e. The minimum absolute atomic E-state index is 0. The first-order valence-corrected chi connectivity index (χ1v) is 10.8. The molecule has 0 spiro atoms. The number of carbonyl (C=O) groups is 1. The molecule has 23 heteroatoms. The summed E-state index contributed by atoms with van der Waals surface area (Å²) in [6, 6.07) is 9.22. The molecule has 0 amide bonds. The molecule has 17 N–H and O–H groups in total. The largest absolute Gasteiger partial charge is 0.522 e. The summed E-state index contributed by atoms with van der Waals surface area (Å²) < 4.78 is 126. The topological polar surface area (TPSA) is 319 Å². The minimum atomic E-state index is -5.84. The van der Waals surface area contributed by atoms with Gasteiger partial charge in [-0.15, -0.1) is 0 Å². The van der Waals surface area contributed by atoms with E-state index in [-0.39, 0.29) is 56.5 Å². The van der Waals surface area contributed by atoms with Crippen LogP contribution in [-0.4, -0.2) is 54.6 Å². The van der Waals surface area contributed by atoms with Gasteiger partial charge in [-0.2, -0.15) is 43.2 Å². The monoisotopic (exact) mass is 799 g/mol. The number of para-hydroxylation sites is 1. The van der Waals surface area contributed by atoms with Crippen molar-refractivity contribution in [1.29, 1.82) is 0 Å². The van der Waals surface area contributed by atoms with Gasteiger partial charge in [0.15, 0.2) is 6.10 Å². The average molecular weight is 798 g/mol. The van der Waals surface area contributed by atoms with E-state index in [9.17, 15) is 31.1 Å². The zero-order valence-electron chi connectivity index (χ0n) is 20.7. The maximum atomic E-state index is 11.6. The number of ether oxygens (including phenoxy) is 2. The Morgan fingerprint density at radius 1 is 0.763 bits per heavy atom. The summed E-state index contributed by atoms with van der Waals surface area (Å²) in [7, 11) is -11.7. The molecule has 38 heavy (non-hydrogen) atoms. The third kappa shape index (κ3) is 27.4. The first-order chi connectivity index (χ1) is 13.9. The molecule has 236 valence electrons. The van der Waals surface area contributed by atoms with Gasteiger partial charge in [0, 0.05) is 19.8 Å². The Labute approximate surface area is 229 Å².